The molecule has 1 N–H and O–H groups in total. The van der Waals surface area contributed by atoms with Gasteiger partial charge in [0.25, 0.3) is 0 Å². The zero-order valence-electron chi connectivity index (χ0n) is 6.01. The Kier molecular flexibility index (Phi) is 2.90. The van der Waals surface area contributed by atoms with E-state index in [1.807, 2.05) is 0 Å². The second-order valence-electron chi connectivity index (χ2n) is 2.31. The van der Waals surface area contributed by atoms with Gasteiger partial charge in [0.05, 0.1) is 0 Å². The second kappa shape index (κ2) is 3.69. The van der Waals surface area contributed by atoms with Crippen LogP contribution in [0.15, 0.2) is 12.8 Å². The van der Waals surface area contributed by atoms with Gasteiger partial charge in [0.1, 0.15) is 0 Å². The number of carbonyl (C=O) groups is 1. The fourth-order valence-corrected chi connectivity index (χ4v) is 9.33. The van der Waals surface area contributed by atoms with Gasteiger partial charge in [-0.2, -0.15) is 0 Å². The molecule has 0 bridgehead atoms. The Hall–Kier alpha value is 0.689. The van der Waals surface area contributed by atoms with E-state index in [9.17, 15) is 4.79 Å². The third-order valence-corrected chi connectivity index (χ3v) is 9.30. The summed E-state index contributed by atoms with van der Waals surface area (Å²) < 4.78 is 4.09. The molecule has 0 atom stereocenters. The number of halogens is 2. The van der Waals surface area contributed by atoms with Crippen LogP contribution in [0.2, 0.25) is 0 Å². The molecule has 0 aliphatic heterocycles. The molecule has 68 valence electrons. The SMILES string of the molecule is O=C(O)c1cc2c(Br)[se]c(Br)c2[se]1. The number of carboxylic acid groups (broad SMARTS) is 1. The van der Waals surface area contributed by atoms with E-state index in [1.165, 1.54) is 7.61 Å². The van der Waals surface area contributed by atoms with Crippen molar-refractivity contribution in [2.75, 3.05) is 0 Å². The van der Waals surface area contributed by atoms with E-state index >= 15 is 0 Å². The molecule has 0 fully saturated rings. The Morgan fingerprint density at radius 2 is 2.00 bits per heavy atom. The normalized spacial score (nSPS) is 10.9. The first-order valence-corrected chi connectivity index (χ1v) is 8.21. The third-order valence-electron chi connectivity index (χ3n) is 1.51. The van der Waals surface area contributed by atoms with Gasteiger partial charge in [-0.3, -0.25) is 0 Å². The van der Waals surface area contributed by atoms with Crippen LogP contribution in [0, 0.1) is 0 Å². The summed E-state index contributed by atoms with van der Waals surface area (Å²) in [5.41, 5.74) is 0. The predicted octanol–water partition coefficient (Wildman–Crippen LogP) is 2.18. The summed E-state index contributed by atoms with van der Waals surface area (Å²) in [5.74, 6) is -0.789. The van der Waals surface area contributed by atoms with E-state index in [0.717, 1.165) is 8.73 Å². The molecule has 2 rings (SSSR count). The number of hydrogen-bond acceptors (Lipinski definition) is 1. The van der Waals surface area contributed by atoms with E-state index in [1.54, 1.807) is 6.07 Å². The quantitative estimate of drug-likeness (QED) is 0.697. The molecule has 2 nitrogen and oxygen atoms in total. The molecule has 0 amide bonds. The van der Waals surface area contributed by atoms with Crippen LogP contribution in [0.4, 0.5) is 0 Å². The van der Waals surface area contributed by atoms with Crippen molar-refractivity contribution in [3.63, 3.8) is 0 Å². The van der Waals surface area contributed by atoms with Crippen molar-refractivity contribution in [3.8, 4) is 0 Å². The molecule has 0 spiro atoms. The number of fused-ring (bicyclic) bond motifs is 1. The van der Waals surface area contributed by atoms with Crippen LogP contribution in [-0.4, -0.2) is 40.1 Å². The van der Waals surface area contributed by atoms with Crippen molar-refractivity contribution < 1.29 is 9.90 Å². The van der Waals surface area contributed by atoms with Gasteiger partial charge in [0.2, 0.25) is 0 Å². The van der Waals surface area contributed by atoms with Crippen LogP contribution >= 0.6 is 31.9 Å². The topological polar surface area (TPSA) is 37.3 Å². The summed E-state index contributed by atoms with van der Waals surface area (Å²) in [5, 5.41) is 9.92. The van der Waals surface area contributed by atoms with Gasteiger partial charge < -0.3 is 0 Å². The molecule has 13 heavy (non-hydrogen) atoms. The van der Waals surface area contributed by atoms with E-state index in [4.69, 9.17) is 5.11 Å². The standard InChI is InChI=1S/C7H2Br2O2Se2/c8-5-2-1-3(7(10)11)12-4(2)6(9)13-5/h1H,(H,10,11). The van der Waals surface area contributed by atoms with Crippen LogP contribution in [0.5, 0.6) is 0 Å². The first kappa shape index (κ1) is 10.2. The average molecular weight is 436 g/mol. The molecule has 0 aromatic carbocycles. The van der Waals surface area contributed by atoms with E-state index in [-0.39, 0.29) is 14.5 Å². The van der Waals surface area contributed by atoms with E-state index < -0.39 is 5.97 Å². The summed E-state index contributed by atoms with van der Waals surface area (Å²) in [7, 11) is 0. The van der Waals surface area contributed by atoms with Crippen LogP contribution in [0.1, 0.15) is 9.23 Å². The third kappa shape index (κ3) is 1.76. The van der Waals surface area contributed by atoms with Crippen molar-refractivity contribution in [2.45, 2.75) is 0 Å². The number of rotatable bonds is 1. The molecule has 0 aliphatic carbocycles. The molecule has 0 unspecified atom stereocenters. The Morgan fingerprint density at radius 3 is 2.54 bits per heavy atom. The van der Waals surface area contributed by atoms with Gasteiger partial charge in [-0.15, -0.1) is 0 Å². The first-order valence-electron chi connectivity index (χ1n) is 3.20. The van der Waals surface area contributed by atoms with Crippen molar-refractivity contribution in [1.29, 1.82) is 0 Å². The fourth-order valence-electron chi connectivity index (χ4n) is 0.968. The number of aromatic carboxylic acids is 1. The second-order valence-corrected chi connectivity index (χ2v) is 10.6. The monoisotopic (exact) mass is 436 g/mol. The Bertz CT molecular complexity index is 451. The Balaban J connectivity index is 2.76. The van der Waals surface area contributed by atoms with Crippen LogP contribution < -0.4 is 0 Å². The maximum atomic E-state index is 10.7. The number of carboxylic acids is 1. The minimum absolute atomic E-state index is 0.0166. The van der Waals surface area contributed by atoms with Crippen LogP contribution in [-0.2, 0) is 0 Å². The van der Waals surface area contributed by atoms with E-state index in [0.29, 0.717) is 18.9 Å². The molecular weight excluding hydrogens is 434 g/mol. The zero-order chi connectivity index (χ0) is 9.59. The van der Waals surface area contributed by atoms with Crippen molar-refractivity contribution in [1.82, 2.24) is 0 Å². The van der Waals surface area contributed by atoms with Crippen LogP contribution in [0.25, 0.3) is 9.65 Å². The Morgan fingerprint density at radius 1 is 1.31 bits per heavy atom. The molecule has 0 aliphatic rings. The van der Waals surface area contributed by atoms with Gasteiger partial charge in [-0.1, -0.05) is 0 Å². The summed E-state index contributed by atoms with van der Waals surface area (Å²) in [6, 6.07) is 1.79. The predicted molar refractivity (Wildman–Crippen MR) is 60.2 cm³/mol. The maximum absolute atomic E-state index is 10.7. The summed E-state index contributed by atoms with van der Waals surface area (Å²) in [6.45, 7) is 0. The summed E-state index contributed by atoms with van der Waals surface area (Å²) in [4.78, 5) is 10.7. The molecule has 2 aromatic heterocycles. The summed E-state index contributed by atoms with van der Waals surface area (Å²) >= 11 is 7.27. The molecule has 6 heteroatoms. The first-order chi connectivity index (χ1) is 6.09. The Labute approximate surface area is 103 Å². The van der Waals surface area contributed by atoms with Gasteiger partial charge in [0.15, 0.2) is 0 Å². The van der Waals surface area contributed by atoms with Gasteiger partial charge in [-0.05, 0) is 0 Å². The molecule has 2 heterocycles. The van der Waals surface area contributed by atoms with Crippen molar-refractivity contribution >= 4 is 76.5 Å². The summed E-state index contributed by atoms with van der Waals surface area (Å²) in [6.07, 6.45) is 0. The van der Waals surface area contributed by atoms with Gasteiger partial charge >= 0.3 is 104 Å². The minimum atomic E-state index is -0.789. The molecular formula is C7H2Br2O2Se2. The zero-order valence-corrected chi connectivity index (χ0v) is 12.6. The van der Waals surface area contributed by atoms with Gasteiger partial charge in [-0.25, -0.2) is 0 Å². The van der Waals surface area contributed by atoms with Crippen molar-refractivity contribution in [2.24, 2.45) is 0 Å². The molecule has 0 saturated heterocycles. The molecule has 2 aromatic rings. The number of hydrogen-bond donors (Lipinski definition) is 1. The van der Waals surface area contributed by atoms with Crippen LogP contribution in [0.3, 0.4) is 0 Å². The van der Waals surface area contributed by atoms with Gasteiger partial charge in [0, 0.05) is 0 Å². The van der Waals surface area contributed by atoms with Crippen molar-refractivity contribution in [3.05, 3.63) is 17.2 Å². The van der Waals surface area contributed by atoms with E-state index in [2.05, 4.69) is 31.9 Å². The fraction of sp³-hybridized carbons (Fsp3) is 0. The average Bonchev–Trinajstić information content (AvgIpc) is 2.55. The molecule has 0 radical (unpaired) electrons. The molecule has 0 saturated carbocycles.